The van der Waals surface area contributed by atoms with E-state index in [9.17, 15) is 0 Å². The van der Waals surface area contributed by atoms with E-state index in [4.69, 9.17) is 27.6 Å². The van der Waals surface area contributed by atoms with Gasteiger partial charge in [0.1, 0.15) is 10.8 Å². The molecule has 0 bridgehead atoms. The Bertz CT molecular complexity index is 575. The van der Waals surface area contributed by atoms with Gasteiger partial charge in [-0.2, -0.15) is 0 Å². The van der Waals surface area contributed by atoms with Gasteiger partial charge < -0.3 is 9.73 Å². The minimum Gasteiger partial charge on any atom is -0.458 e. The largest absolute Gasteiger partial charge is 0.458 e. The average molecular weight is 300 g/mol. The van der Waals surface area contributed by atoms with Gasteiger partial charge in [-0.3, -0.25) is 0 Å². The number of hydrogen-bond acceptors (Lipinski definition) is 2. The van der Waals surface area contributed by atoms with Crippen molar-refractivity contribution in [2.45, 2.75) is 46.2 Å². The van der Waals surface area contributed by atoms with Crippen LogP contribution in [0.25, 0.3) is 11.0 Å². The maximum Gasteiger partial charge on any atom is 0.154 e. The second-order valence-corrected chi connectivity index (χ2v) is 5.81. The maximum absolute atomic E-state index is 6.23. The number of halogens is 2. The van der Waals surface area contributed by atoms with Gasteiger partial charge in [0.25, 0.3) is 0 Å². The van der Waals surface area contributed by atoms with Crippen LogP contribution in [-0.4, -0.2) is 6.04 Å². The zero-order valence-corrected chi connectivity index (χ0v) is 13.0. The van der Waals surface area contributed by atoms with E-state index in [1.54, 1.807) is 0 Å². The maximum atomic E-state index is 6.23. The molecule has 1 heterocycles. The lowest BCUT2D eigenvalue weighted by atomic mass is 10.1. The predicted octanol–water partition coefficient (Wildman–Crippen LogP) is 5.19. The lowest BCUT2D eigenvalue weighted by Crippen LogP contribution is -2.22. The lowest BCUT2D eigenvalue weighted by molar-refractivity contribution is 0.483. The number of benzene rings is 1. The van der Waals surface area contributed by atoms with Crippen LogP contribution in [0.5, 0.6) is 0 Å². The van der Waals surface area contributed by atoms with Crippen molar-refractivity contribution < 1.29 is 4.42 Å². The van der Waals surface area contributed by atoms with Crippen molar-refractivity contribution in [3.05, 3.63) is 33.5 Å². The molecule has 0 saturated heterocycles. The normalized spacial score (nSPS) is 11.7. The molecule has 1 N–H and O–H groups in total. The van der Waals surface area contributed by atoms with E-state index in [1.807, 2.05) is 12.1 Å². The quantitative estimate of drug-likeness (QED) is 0.822. The van der Waals surface area contributed by atoms with Crippen molar-refractivity contribution in [1.29, 1.82) is 0 Å². The molecular formula is C15H19Cl2NO. The number of hydrogen-bond donors (Lipinski definition) is 1. The van der Waals surface area contributed by atoms with Gasteiger partial charge in [-0.15, -0.1) is 0 Å². The van der Waals surface area contributed by atoms with Gasteiger partial charge >= 0.3 is 0 Å². The van der Waals surface area contributed by atoms with E-state index in [1.165, 1.54) is 5.56 Å². The Balaban J connectivity index is 2.49. The molecule has 0 atom stereocenters. The lowest BCUT2D eigenvalue weighted by Gasteiger charge is -2.07. The highest BCUT2D eigenvalue weighted by atomic mass is 35.5. The molecule has 2 aromatic rings. The summed E-state index contributed by atoms with van der Waals surface area (Å²) in [6.45, 7) is 7.11. The molecule has 1 aromatic heterocycles. The first-order valence-corrected chi connectivity index (χ1v) is 7.41. The third kappa shape index (κ3) is 3.07. The highest BCUT2D eigenvalue weighted by Crippen LogP contribution is 2.36. The van der Waals surface area contributed by atoms with Crippen LogP contribution >= 0.6 is 23.2 Å². The minimum absolute atomic E-state index is 0.418. The van der Waals surface area contributed by atoms with Crippen molar-refractivity contribution in [2.24, 2.45) is 0 Å². The van der Waals surface area contributed by atoms with E-state index in [-0.39, 0.29) is 0 Å². The number of furan rings is 1. The Morgan fingerprint density at radius 3 is 2.63 bits per heavy atom. The van der Waals surface area contributed by atoms with E-state index in [0.717, 1.165) is 30.5 Å². The Labute approximate surface area is 124 Å². The van der Waals surface area contributed by atoms with Gasteiger partial charge in [-0.25, -0.2) is 0 Å². The van der Waals surface area contributed by atoms with Gasteiger partial charge in [0.15, 0.2) is 5.58 Å². The van der Waals surface area contributed by atoms with Crippen molar-refractivity contribution in [2.75, 3.05) is 0 Å². The standard InChI is InChI=1S/C15H19Cl2NO/c1-4-5-10-11-6-7-12(16)14(17)15(11)19-13(10)8-18-9(2)3/h6-7,9,18H,4-5,8H2,1-3H3. The van der Waals surface area contributed by atoms with Crippen LogP contribution < -0.4 is 5.32 Å². The Hall–Kier alpha value is -0.700. The zero-order valence-electron chi connectivity index (χ0n) is 11.5. The summed E-state index contributed by atoms with van der Waals surface area (Å²) in [7, 11) is 0. The second kappa shape index (κ2) is 6.17. The number of fused-ring (bicyclic) bond motifs is 1. The molecule has 0 aliphatic heterocycles. The van der Waals surface area contributed by atoms with Crippen molar-refractivity contribution in [3.8, 4) is 0 Å². The van der Waals surface area contributed by atoms with Crippen molar-refractivity contribution in [3.63, 3.8) is 0 Å². The fraction of sp³-hybridized carbons (Fsp3) is 0.467. The smallest absolute Gasteiger partial charge is 0.154 e. The van der Waals surface area contributed by atoms with Crippen LogP contribution in [0.15, 0.2) is 16.5 Å². The highest BCUT2D eigenvalue weighted by Gasteiger charge is 2.17. The number of rotatable bonds is 5. The third-order valence-corrected chi connectivity index (χ3v) is 3.89. The summed E-state index contributed by atoms with van der Waals surface area (Å²) in [5.74, 6) is 0.967. The summed E-state index contributed by atoms with van der Waals surface area (Å²) in [6, 6.07) is 4.25. The van der Waals surface area contributed by atoms with Gasteiger partial charge in [0.05, 0.1) is 11.6 Å². The highest BCUT2D eigenvalue weighted by molar-refractivity contribution is 6.44. The molecule has 0 radical (unpaired) electrons. The van der Waals surface area contributed by atoms with Gasteiger partial charge in [0.2, 0.25) is 0 Å². The minimum atomic E-state index is 0.418. The topological polar surface area (TPSA) is 25.2 Å². The molecule has 19 heavy (non-hydrogen) atoms. The van der Waals surface area contributed by atoms with Crippen LogP contribution in [0.4, 0.5) is 0 Å². The first kappa shape index (κ1) is 14.7. The summed E-state index contributed by atoms with van der Waals surface area (Å²) in [4.78, 5) is 0. The van der Waals surface area contributed by atoms with E-state index >= 15 is 0 Å². The fourth-order valence-electron chi connectivity index (χ4n) is 2.17. The summed E-state index contributed by atoms with van der Waals surface area (Å²) in [6.07, 6.45) is 2.06. The molecule has 0 amide bonds. The molecule has 0 spiro atoms. The molecule has 0 aliphatic rings. The first-order valence-electron chi connectivity index (χ1n) is 6.66. The molecule has 0 unspecified atom stereocenters. The molecule has 1 aromatic carbocycles. The summed E-state index contributed by atoms with van der Waals surface area (Å²) < 4.78 is 5.93. The number of nitrogens with one attached hydrogen (secondary N) is 1. The summed E-state index contributed by atoms with van der Waals surface area (Å²) >= 11 is 12.3. The molecule has 104 valence electrons. The Morgan fingerprint density at radius 1 is 1.26 bits per heavy atom. The Morgan fingerprint density at radius 2 is 2.00 bits per heavy atom. The first-order chi connectivity index (χ1) is 9.04. The van der Waals surface area contributed by atoms with Crippen molar-refractivity contribution >= 4 is 34.2 Å². The summed E-state index contributed by atoms with van der Waals surface area (Å²) in [5.41, 5.74) is 1.95. The van der Waals surface area contributed by atoms with Gasteiger partial charge in [0, 0.05) is 17.0 Å². The summed E-state index contributed by atoms with van der Waals surface area (Å²) in [5, 5.41) is 5.51. The Kier molecular flexibility index (Phi) is 4.77. The predicted molar refractivity (Wildman–Crippen MR) is 82.2 cm³/mol. The average Bonchev–Trinajstić information content (AvgIpc) is 2.71. The van der Waals surface area contributed by atoms with Crippen LogP contribution in [0, 0.1) is 0 Å². The van der Waals surface area contributed by atoms with E-state index in [2.05, 4.69) is 26.1 Å². The third-order valence-electron chi connectivity index (χ3n) is 3.11. The van der Waals surface area contributed by atoms with E-state index in [0.29, 0.717) is 21.7 Å². The van der Waals surface area contributed by atoms with Crippen LogP contribution in [-0.2, 0) is 13.0 Å². The zero-order chi connectivity index (χ0) is 14.0. The number of aryl methyl sites for hydroxylation is 1. The molecule has 2 nitrogen and oxygen atoms in total. The van der Waals surface area contributed by atoms with Crippen LogP contribution in [0.1, 0.15) is 38.5 Å². The molecule has 4 heteroatoms. The van der Waals surface area contributed by atoms with Crippen LogP contribution in [0.3, 0.4) is 0 Å². The molecule has 0 saturated carbocycles. The van der Waals surface area contributed by atoms with Gasteiger partial charge in [-0.1, -0.05) is 50.4 Å². The molecular weight excluding hydrogens is 281 g/mol. The van der Waals surface area contributed by atoms with Gasteiger partial charge in [-0.05, 0) is 18.6 Å². The molecule has 0 fully saturated rings. The monoisotopic (exact) mass is 299 g/mol. The molecule has 2 rings (SSSR count). The molecule has 0 aliphatic carbocycles. The fourth-order valence-corrected chi connectivity index (χ4v) is 2.52. The SMILES string of the molecule is CCCc1c(CNC(C)C)oc2c(Cl)c(Cl)ccc12. The van der Waals surface area contributed by atoms with Crippen molar-refractivity contribution in [1.82, 2.24) is 5.32 Å². The van der Waals surface area contributed by atoms with E-state index < -0.39 is 0 Å². The second-order valence-electron chi connectivity index (χ2n) is 5.03. The van der Waals surface area contributed by atoms with Crippen LogP contribution in [0.2, 0.25) is 10.0 Å².